The molecular formula is C29H34ClNO5S. The van der Waals surface area contributed by atoms with Crippen LogP contribution in [0.4, 0.5) is 0 Å². The smallest absolute Gasteiger partial charge is 0.333 e. The molecule has 0 radical (unpaired) electrons. The molecule has 1 atom stereocenters. The van der Waals surface area contributed by atoms with E-state index in [1.807, 2.05) is 31.4 Å². The second kappa shape index (κ2) is 12.8. The maximum absolute atomic E-state index is 13.1. The van der Waals surface area contributed by atoms with Crippen LogP contribution >= 0.6 is 22.9 Å². The van der Waals surface area contributed by atoms with E-state index in [2.05, 4.69) is 11.4 Å². The molecule has 1 heterocycles. The average molecular weight is 544 g/mol. The van der Waals surface area contributed by atoms with Gasteiger partial charge < -0.3 is 19.9 Å². The largest absolute Gasteiger partial charge is 0.490 e. The molecule has 2 aromatic rings. The number of carbonyl (C=O) groups is 2. The van der Waals surface area contributed by atoms with Gasteiger partial charge in [-0.2, -0.15) is 0 Å². The van der Waals surface area contributed by atoms with Crippen molar-refractivity contribution in [3.8, 4) is 5.75 Å². The first kappa shape index (κ1) is 27.4. The summed E-state index contributed by atoms with van der Waals surface area (Å²) in [4.78, 5) is 25.9. The zero-order valence-electron chi connectivity index (χ0n) is 21.3. The summed E-state index contributed by atoms with van der Waals surface area (Å²) < 4.78 is 11.6. The molecule has 1 aromatic heterocycles. The summed E-state index contributed by atoms with van der Waals surface area (Å²) in [7, 11) is 0. The van der Waals surface area contributed by atoms with Gasteiger partial charge in [0, 0.05) is 17.8 Å². The predicted molar refractivity (Wildman–Crippen MR) is 147 cm³/mol. The molecule has 4 rings (SSSR count). The summed E-state index contributed by atoms with van der Waals surface area (Å²) in [6.07, 6.45) is 7.48. The molecule has 0 spiro atoms. The fourth-order valence-corrected chi connectivity index (χ4v) is 5.98. The van der Waals surface area contributed by atoms with E-state index in [9.17, 15) is 14.7 Å². The highest BCUT2D eigenvalue weighted by Gasteiger charge is 2.24. The number of rotatable bonds is 11. The van der Waals surface area contributed by atoms with Gasteiger partial charge in [-0.05, 0) is 93.2 Å². The van der Waals surface area contributed by atoms with Crippen molar-refractivity contribution < 1.29 is 24.2 Å². The van der Waals surface area contributed by atoms with Gasteiger partial charge in [-0.1, -0.05) is 29.3 Å². The molecule has 2 aliphatic rings. The summed E-state index contributed by atoms with van der Waals surface area (Å²) >= 11 is 8.12. The number of nitrogens with one attached hydrogen (secondary N) is 1. The third kappa shape index (κ3) is 7.46. The Bertz CT molecular complexity index is 1160. The molecule has 0 aliphatic heterocycles. The van der Waals surface area contributed by atoms with Crippen LogP contribution in [0.3, 0.4) is 0 Å². The fourth-order valence-electron chi connectivity index (χ4n) is 4.89. The molecule has 1 saturated carbocycles. The van der Waals surface area contributed by atoms with E-state index < -0.39 is 12.1 Å². The Morgan fingerprint density at radius 1 is 1.19 bits per heavy atom. The molecule has 0 bridgehead atoms. The molecule has 2 N–H and O–H groups in total. The first-order valence-electron chi connectivity index (χ1n) is 12.9. The van der Waals surface area contributed by atoms with E-state index in [1.54, 1.807) is 29.5 Å². The number of allylic oxidation sites excluding steroid dienone is 1. The van der Waals surface area contributed by atoms with Gasteiger partial charge in [0.25, 0.3) is 5.91 Å². The number of amides is 1. The van der Waals surface area contributed by atoms with Crippen LogP contribution in [0, 0.1) is 0 Å². The number of carboxylic acids is 1. The first-order valence-corrected chi connectivity index (χ1v) is 14.1. The lowest BCUT2D eigenvalue weighted by Crippen LogP contribution is -2.29. The van der Waals surface area contributed by atoms with Gasteiger partial charge in [-0.15, -0.1) is 11.3 Å². The van der Waals surface area contributed by atoms with Crippen LogP contribution in [0.15, 0.2) is 52.9 Å². The van der Waals surface area contributed by atoms with Crippen LogP contribution in [0.1, 0.15) is 74.0 Å². The van der Waals surface area contributed by atoms with E-state index in [-0.39, 0.29) is 18.1 Å². The second-order valence-electron chi connectivity index (χ2n) is 9.85. The normalized spacial score (nSPS) is 17.1. The standard InChI is InChI=1S/C29H34ClNO5S/c1-18(2)35-26(29(33)34)15-19-9-11-23(27-8-5-13-37-27)20(14-19)17-31-28(32)24-12-10-22(16-25(24)30)36-21-6-3-4-7-21/h5,8,10,12-14,16,18,21,26H,3-4,6-7,9,11,15,17H2,1-2H3,(H,31,32)(H,33,34). The van der Waals surface area contributed by atoms with Gasteiger partial charge in [0.05, 0.1) is 22.8 Å². The number of carbonyl (C=O) groups excluding carboxylic acids is 1. The molecule has 1 amide bonds. The molecule has 1 aromatic carbocycles. The van der Waals surface area contributed by atoms with E-state index in [4.69, 9.17) is 21.1 Å². The van der Waals surface area contributed by atoms with Gasteiger partial charge in [0.2, 0.25) is 0 Å². The quantitative estimate of drug-likeness (QED) is 0.322. The summed E-state index contributed by atoms with van der Waals surface area (Å²) in [6, 6.07) is 9.30. The number of halogens is 1. The molecule has 0 saturated heterocycles. The minimum absolute atomic E-state index is 0.180. The highest BCUT2D eigenvalue weighted by atomic mass is 35.5. The van der Waals surface area contributed by atoms with Crippen molar-refractivity contribution >= 4 is 40.4 Å². The molecule has 198 valence electrons. The van der Waals surface area contributed by atoms with Gasteiger partial charge in [-0.25, -0.2) is 4.79 Å². The first-order chi connectivity index (χ1) is 17.8. The lowest BCUT2D eigenvalue weighted by molar-refractivity contribution is -0.153. The van der Waals surface area contributed by atoms with Crippen molar-refractivity contribution in [1.82, 2.24) is 5.32 Å². The van der Waals surface area contributed by atoms with E-state index in [0.717, 1.165) is 41.7 Å². The highest BCUT2D eigenvalue weighted by molar-refractivity contribution is 7.11. The number of ether oxygens (including phenoxy) is 2. The molecule has 6 nitrogen and oxygen atoms in total. The van der Waals surface area contributed by atoms with Gasteiger partial charge >= 0.3 is 5.97 Å². The molecular weight excluding hydrogens is 510 g/mol. The third-order valence-corrected chi connectivity index (χ3v) is 7.91. The van der Waals surface area contributed by atoms with Crippen LogP contribution in [-0.2, 0) is 9.53 Å². The Kier molecular flexibility index (Phi) is 9.46. The van der Waals surface area contributed by atoms with Crippen molar-refractivity contribution in [2.45, 2.75) is 77.1 Å². The van der Waals surface area contributed by atoms with Gasteiger partial charge in [-0.3, -0.25) is 4.79 Å². The van der Waals surface area contributed by atoms with Crippen molar-refractivity contribution in [2.24, 2.45) is 0 Å². The SMILES string of the molecule is CC(C)OC(CC1=CC(CNC(=O)c2ccc(OC3CCCC3)cc2Cl)=C(c2cccs2)CC1)C(=O)O. The zero-order valence-corrected chi connectivity index (χ0v) is 22.9. The minimum atomic E-state index is -0.965. The topological polar surface area (TPSA) is 84.9 Å². The molecule has 2 aliphatic carbocycles. The summed E-state index contributed by atoms with van der Waals surface area (Å²) in [5.74, 6) is -0.539. The number of thiophene rings is 1. The molecule has 37 heavy (non-hydrogen) atoms. The van der Waals surface area contributed by atoms with Crippen molar-refractivity contribution in [1.29, 1.82) is 0 Å². The van der Waals surface area contributed by atoms with Crippen LogP contribution in [0.5, 0.6) is 5.75 Å². The monoisotopic (exact) mass is 543 g/mol. The maximum Gasteiger partial charge on any atom is 0.333 e. The van der Waals surface area contributed by atoms with Crippen molar-refractivity contribution in [2.75, 3.05) is 6.54 Å². The van der Waals surface area contributed by atoms with Crippen LogP contribution in [-0.4, -0.2) is 41.8 Å². The van der Waals surface area contributed by atoms with E-state index in [0.29, 0.717) is 29.3 Å². The predicted octanol–water partition coefficient (Wildman–Crippen LogP) is 6.90. The number of hydrogen-bond acceptors (Lipinski definition) is 5. The van der Waals surface area contributed by atoms with Crippen LogP contribution in [0.25, 0.3) is 5.57 Å². The van der Waals surface area contributed by atoms with E-state index >= 15 is 0 Å². The van der Waals surface area contributed by atoms with Gasteiger partial charge in [0.15, 0.2) is 6.10 Å². The number of hydrogen-bond donors (Lipinski definition) is 2. The van der Waals surface area contributed by atoms with Crippen molar-refractivity contribution in [3.63, 3.8) is 0 Å². The molecule has 8 heteroatoms. The Balaban J connectivity index is 1.48. The van der Waals surface area contributed by atoms with Gasteiger partial charge in [0.1, 0.15) is 5.75 Å². The lowest BCUT2D eigenvalue weighted by Gasteiger charge is -2.23. The highest BCUT2D eigenvalue weighted by Crippen LogP contribution is 2.35. The molecule has 1 unspecified atom stereocenters. The van der Waals surface area contributed by atoms with Crippen LogP contribution in [0.2, 0.25) is 5.02 Å². The van der Waals surface area contributed by atoms with Crippen molar-refractivity contribution in [3.05, 3.63) is 68.4 Å². The molecule has 1 fully saturated rings. The Labute approximate surface area is 227 Å². The number of aliphatic carboxylic acids is 1. The summed E-state index contributed by atoms with van der Waals surface area (Å²) in [5.41, 5.74) is 3.55. The fraction of sp³-hybridized carbons (Fsp3) is 0.448. The van der Waals surface area contributed by atoms with Crippen LogP contribution < -0.4 is 10.1 Å². The third-order valence-electron chi connectivity index (χ3n) is 6.67. The van der Waals surface area contributed by atoms with E-state index in [1.165, 1.54) is 18.4 Å². The second-order valence-corrected chi connectivity index (χ2v) is 11.2. The minimum Gasteiger partial charge on any atom is -0.490 e. The Hall–Kier alpha value is -2.61. The Morgan fingerprint density at radius 3 is 2.62 bits per heavy atom. The number of carboxylic acid groups (broad SMARTS) is 1. The lowest BCUT2D eigenvalue weighted by atomic mass is 9.88. The maximum atomic E-state index is 13.1. The Morgan fingerprint density at radius 2 is 1.97 bits per heavy atom. The zero-order chi connectivity index (χ0) is 26.4. The average Bonchev–Trinajstić information content (AvgIpc) is 3.57. The summed E-state index contributed by atoms with van der Waals surface area (Å²) in [6.45, 7) is 3.98. The number of benzene rings is 1. The summed E-state index contributed by atoms with van der Waals surface area (Å²) in [5, 5.41) is 15.0.